The van der Waals surface area contributed by atoms with Crippen molar-refractivity contribution in [1.82, 2.24) is 4.90 Å². The normalized spacial score (nSPS) is 41.1. The second kappa shape index (κ2) is 3.61. The standard InChI is InChI=1S/C12H23N/c1-9(2)11-6-10-4-5-13(3)8-12(10)7-11/h9-12H,4-8H2,1-3H3. The van der Waals surface area contributed by atoms with Crippen LogP contribution in [0, 0.1) is 23.7 Å². The third kappa shape index (κ3) is 1.90. The summed E-state index contributed by atoms with van der Waals surface area (Å²) in [6.45, 7) is 7.50. The highest BCUT2D eigenvalue weighted by Gasteiger charge is 2.37. The molecule has 3 unspecified atom stereocenters. The average molecular weight is 181 g/mol. The van der Waals surface area contributed by atoms with Crippen LogP contribution in [0.5, 0.6) is 0 Å². The van der Waals surface area contributed by atoms with Crippen LogP contribution in [0.4, 0.5) is 0 Å². The fourth-order valence-corrected chi connectivity index (χ4v) is 3.26. The Labute approximate surface area is 82.5 Å². The van der Waals surface area contributed by atoms with Gasteiger partial charge in [0.05, 0.1) is 0 Å². The van der Waals surface area contributed by atoms with Gasteiger partial charge in [-0.2, -0.15) is 0 Å². The molecule has 1 saturated heterocycles. The van der Waals surface area contributed by atoms with Crippen LogP contribution in [0.2, 0.25) is 0 Å². The molecule has 2 rings (SSSR count). The minimum Gasteiger partial charge on any atom is -0.306 e. The summed E-state index contributed by atoms with van der Waals surface area (Å²) in [5, 5.41) is 0. The lowest BCUT2D eigenvalue weighted by Crippen LogP contribution is -2.35. The van der Waals surface area contributed by atoms with E-state index in [1.165, 1.54) is 32.4 Å². The van der Waals surface area contributed by atoms with Crippen LogP contribution in [-0.2, 0) is 0 Å². The van der Waals surface area contributed by atoms with E-state index in [2.05, 4.69) is 25.8 Å². The molecule has 0 amide bonds. The summed E-state index contributed by atoms with van der Waals surface area (Å²) in [7, 11) is 2.28. The molecule has 0 N–H and O–H groups in total. The van der Waals surface area contributed by atoms with Crippen LogP contribution in [0.3, 0.4) is 0 Å². The van der Waals surface area contributed by atoms with Gasteiger partial charge in [0.15, 0.2) is 0 Å². The molecule has 0 spiro atoms. The Morgan fingerprint density at radius 1 is 1.15 bits per heavy atom. The predicted molar refractivity (Wildman–Crippen MR) is 56.7 cm³/mol. The van der Waals surface area contributed by atoms with E-state index in [0.29, 0.717) is 0 Å². The number of fused-ring (bicyclic) bond motifs is 1. The largest absolute Gasteiger partial charge is 0.306 e. The van der Waals surface area contributed by atoms with Crippen molar-refractivity contribution < 1.29 is 0 Å². The van der Waals surface area contributed by atoms with Crippen LogP contribution < -0.4 is 0 Å². The van der Waals surface area contributed by atoms with Crippen molar-refractivity contribution in [3.05, 3.63) is 0 Å². The van der Waals surface area contributed by atoms with Crippen molar-refractivity contribution in [2.45, 2.75) is 33.1 Å². The zero-order valence-corrected chi connectivity index (χ0v) is 9.29. The maximum Gasteiger partial charge on any atom is 0.000937 e. The number of hydrogen-bond acceptors (Lipinski definition) is 1. The highest BCUT2D eigenvalue weighted by Crippen LogP contribution is 2.43. The number of piperidine rings is 1. The summed E-state index contributed by atoms with van der Waals surface area (Å²) in [5.41, 5.74) is 0. The molecule has 3 atom stereocenters. The van der Waals surface area contributed by atoms with Crippen LogP contribution in [0.1, 0.15) is 33.1 Å². The molecule has 2 aliphatic rings. The van der Waals surface area contributed by atoms with E-state index in [0.717, 1.165) is 23.7 Å². The Hall–Kier alpha value is -0.0400. The zero-order valence-electron chi connectivity index (χ0n) is 9.29. The Morgan fingerprint density at radius 3 is 2.54 bits per heavy atom. The second-order valence-corrected chi connectivity index (χ2v) is 5.55. The first kappa shape index (κ1) is 9.51. The van der Waals surface area contributed by atoms with Crippen molar-refractivity contribution in [3.63, 3.8) is 0 Å². The molecule has 2 fully saturated rings. The average Bonchev–Trinajstić information content (AvgIpc) is 2.46. The summed E-state index contributed by atoms with van der Waals surface area (Å²) in [5.74, 6) is 4.05. The first-order valence-electron chi connectivity index (χ1n) is 5.85. The van der Waals surface area contributed by atoms with Crippen LogP contribution in [0.15, 0.2) is 0 Å². The van der Waals surface area contributed by atoms with Crippen molar-refractivity contribution in [2.24, 2.45) is 23.7 Å². The predicted octanol–water partition coefficient (Wildman–Crippen LogP) is 2.62. The minimum atomic E-state index is 0.913. The fraction of sp³-hybridized carbons (Fsp3) is 1.00. The number of hydrogen-bond donors (Lipinski definition) is 0. The Kier molecular flexibility index (Phi) is 2.64. The molecule has 0 aromatic heterocycles. The number of rotatable bonds is 1. The van der Waals surface area contributed by atoms with Crippen molar-refractivity contribution in [1.29, 1.82) is 0 Å². The molecule has 1 heteroatoms. The summed E-state index contributed by atoms with van der Waals surface area (Å²) in [6, 6.07) is 0. The molecule has 1 aliphatic heterocycles. The SMILES string of the molecule is CC(C)C1CC2CCN(C)CC2C1. The van der Waals surface area contributed by atoms with Gasteiger partial charge in [0, 0.05) is 6.54 Å². The quantitative estimate of drug-likeness (QED) is 0.601. The van der Waals surface area contributed by atoms with Gasteiger partial charge in [-0.25, -0.2) is 0 Å². The lowest BCUT2D eigenvalue weighted by atomic mass is 9.89. The monoisotopic (exact) mass is 181 g/mol. The second-order valence-electron chi connectivity index (χ2n) is 5.55. The zero-order chi connectivity index (χ0) is 9.42. The van der Waals surface area contributed by atoms with Gasteiger partial charge >= 0.3 is 0 Å². The Bertz CT molecular complexity index is 176. The molecule has 0 aromatic rings. The van der Waals surface area contributed by atoms with Gasteiger partial charge in [0.1, 0.15) is 0 Å². The summed E-state index contributed by atoms with van der Waals surface area (Å²) < 4.78 is 0. The molecule has 0 radical (unpaired) electrons. The van der Waals surface area contributed by atoms with Crippen LogP contribution in [0.25, 0.3) is 0 Å². The van der Waals surface area contributed by atoms with Gasteiger partial charge in [0.2, 0.25) is 0 Å². The topological polar surface area (TPSA) is 3.24 Å². The Balaban J connectivity index is 1.94. The van der Waals surface area contributed by atoms with Crippen LogP contribution in [-0.4, -0.2) is 25.0 Å². The van der Waals surface area contributed by atoms with Crippen molar-refractivity contribution in [2.75, 3.05) is 20.1 Å². The van der Waals surface area contributed by atoms with Gasteiger partial charge in [-0.15, -0.1) is 0 Å². The molecule has 13 heavy (non-hydrogen) atoms. The van der Waals surface area contributed by atoms with E-state index in [9.17, 15) is 0 Å². The van der Waals surface area contributed by atoms with E-state index in [4.69, 9.17) is 0 Å². The molecule has 1 saturated carbocycles. The molecule has 76 valence electrons. The third-order valence-electron chi connectivity index (χ3n) is 4.25. The van der Waals surface area contributed by atoms with Gasteiger partial charge < -0.3 is 4.90 Å². The van der Waals surface area contributed by atoms with Crippen molar-refractivity contribution >= 4 is 0 Å². The third-order valence-corrected chi connectivity index (χ3v) is 4.25. The number of likely N-dealkylation sites (tertiary alicyclic amines) is 1. The molecular formula is C12H23N. The molecule has 0 bridgehead atoms. The molecule has 1 aliphatic carbocycles. The highest BCUT2D eigenvalue weighted by molar-refractivity contribution is 4.89. The van der Waals surface area contributed by atoms with Gasteiger partial charge in [-0.1, -0.05) is 13.8 Å². The summed E-state index contributed by atoms with van der Waals surface area (Å²) in [6.07, 6.45) is 4.49. The van der Waals surface area contributed by atoms with Gasteiger partial charge in [-0.3, -0.25) is 0 Å². The lowest BCUT2D eigenvalue weighted by Gasteiger charge is -2.32. The van der Waals surface area contributed by atoms with E-state index in [-0.39, 0.29) is 0 Å². The van der Waals surface area contributed by atoms with E-state index in [1.54, 1.807) is 0 Å². The molecule has 1 nitrogen and oxygen atoms in total. The molecule has 1 heterocycles. The fourth-order valence-electron chi connectivity index (χ4n) is 3.26. The van der Waals surface area contributed by atoms with Gasteiger partial charge in [0.25, 0.3) is 0 Å². The highest BCUT2D eigenvalue weighted by atomic mass is 15.1. The molecular weight excluding hydrogens is 158 g/mol. The van der Waals surface area contributed by atoms with E-state index >= 15 is 0 Å². The van der Waals surface area contributed by atoms with Crippen molar-refractivity contribution in [3.8, 4) is 0 Å². The maximum absolute atomic E-state index is 2.52. The van der Waals surface area contributed by atoms with Gasteiger partial charge in [-0.05, 0) is 56.5 Å². The minimum absolute atomic E-state index is 0.913. The smallest absolute Gasteiger partial charge is 0.000937 e. The van der Waals surface area contributed by atoms with E-state index in [1.807, 2.05) is 0 Å². The van der Waals surface area contributed by atoms with E-state index < -0.39 is 0 Å². The first-order chi connectivity index (χ1) is 6.16. The lowest BCUT2D eigenvalue weighted by molar-refractivity contribution is 0.166. The summed E-state index contributed by atoms with van der Waals surface area (Å²) >= 11 is 0. The summed E-state index contributed by atoms with van der Waals surface area (Å²) in [4.78, 5) is 2.52. The maximum atomic E-state index is 2.52. The first-order valence-corrected chi connectivity index (χ1v) is 5.85. The molecule has 0 aromatic carbocycles. The number of nitrogens with zero attached hydrogens (tertiary/aromatic N) is 1. The van der Waals surface area contributed by atoms with Crippen LogP contribution >= 0.6 is 0 Å². The Morgan fingerprint density at radius 2 is 1.85 bits per heavy atom.